The monoisotopic (exact) mass is 374 g/mol. The van der Waals surface area contributed by atoms with Crippen LogP contribution in [-0.2, 0) is 11.3 Å². The van der Waals surface area contributed by atoms with Crippen LogP contribution in [0.2, 0.25) is 0 Å². The van der Waals surface area contributed by atoms with Gasteiger partial charge in [-0.1, -0.05) is 24.3 Å². The Morgan fingerprint density at radius 2 is 1.78 bits per heavy atom. The molecule has 0 N–H and O–H groups in total. The van der Waals surface area contributed by atoms with Crippen LogP contribution in [-0.4, -0.2) is 50.6 Å². The van der Waals surface area contributed by atoms with Crippen molar-refractivity contribution in [3.05, 3.63) is 59.4 Å². The summed E-state index contributed by atoms with van der Waals surface area (Å²) < 4.78 is 24.4. The summed E-state index contributed by atoms with van der Waals surface area (Å²) in [5, 5.41) is 0. The Balaban J connectivity index is 2.27. The molecule has 2 rings (SSSR count). The Hall–Kier alpha value is -2.60. The van der Waals surface area contributed by atoms with E-state index in [0.29, 0.717) is 24.7 Å². The molecule has 0 unspecified atom stereocenters. The van der Waals surface area contributed by atoms with Crippen LogP contribution in [0.15, 0.2) is 42.5 Å². The fourth-order valence-electron chi connectivity index (χ4n) is 3.00. The highest BCUT2D eigenvalue weighted by molar-refractivity contribution is 5.83. The minimum Gasteiger partial charge on any atom is -0.493 e. The molecule has 0 aliphatic rings. The van der Waals surface area contributed by atoms with Crippen molar-refractivity contribution in [1.29, 1.82) is 0 Å². The van der Waals surface area contributed by atoms with Crippen LogP contribution >= 0.6 is 0 Å². The first-order chi connectivity index (χ1) is 12.9. The van der Waals surface area contributed by atoms with Gasteiger partial charge >= 0.3 is 0 Å². The molecule has 0 aliphatic carbocycles. The number of hydrogen-bond acceptors (Lipinski definition) is 4. The zero-order chi connectivity index (χ0) is 20.0. The molecular formula is C21H27FN2O3. The first-order valence-electron chi connectivity index (χ1n) is 8.84. The lowest BCUT2D eigenvalue weighted by atomic mass is 10.0. The molecule has 0 bridgehead atoms. The van der Waals surface area contributed by atoms with Gasteiger partial charge in [-0.25, -0.2) is 4.39 Å². The Bertz CT molecular complexity index is 763. The molecule has 0 saturated carbocycles. The summed E-state index contributed by atoms with van der Waals surface area (Å²) in [4.78, 5) is 16.6. The first kappa shape index (κ1) is 20.7. The van der Waals surface area contributed by atoms with E-state index in [2.05, 4.69) is 0 Å². The number of likely N-dealkylation sites (N-methyl/N-ethyl adjacent to an activating group) is 2. The van der Waals surface area contributed by atoms with E-state index in [-0.39, 0.29) is 11.7 Å². The molecule has 0 radical (unpaired) electrons. The Labute approximate surface area is 160 Å². The standard InChI is InChI=1S/C21H27FN2O3/c1-6-27-20-16(8-7-9-18(20)26-5)14-24(4)21(25)19(23(2)3)15-10-12-17(22)13-11-15/h7-13,19H,6,14H2,1-5H3/t19-/m1/s1. The Kier molecular flexibility index (Phi) is 7.19. The summed E-state index contributed by atoms with van der Waals surface area (Å²) in [6.07, 6.45) is 0. The van der Waals surface area contributed by atoms with Crippen molar-refractivity contribution >= 4 is 5.91 Å². The number of carbonyl (C=O) groups is 1. The summed E-state index contributed by atoms with van der Waals surface area (Å²) in [5.41, 5.74) is 1.61. The molecule has 0 aromatic heterocycles. The number of hydrogen-bond donors (Lipinski definition) is 0. The molecule has 0 spiro atoms. The van der Waals surface area contributed by atoms with Crippen LogP contribution in [0, 0.1) is 5.82 Å². The van der Waals surface area contributed by atoms with Crippen LogP contribution in [0.3, 0.4) is 0 Å². The number of benzene rings is 2. The molecule has 0 aliphatic heterocycles. The van der Waals surface area contributed by atoms with Gasteiger partial charge in [0.15, 0.2) is 11.5 Å². The highest BCUT2D eigenvalue weighted by Crippen LogP contribution is 2.32. The van der Waals surface area contributed by atoms with Crippen molar-refractivity contribution in [2.45, 2.75) is 19.5 Å². The van der Waals surface area contributed by atoms with Gasteiger partial charge in [0.25, 0.3) is 0 Å². The van der Waals surface area contributed by atoms with Gasteiger partial charge in [0.05, 0.1) is 13.7 Å². The van der Waals surface area contributed by atoms with Crippen LogP contribution in [0.25, 0.3) is 0 Å². The van der Waals surface area contributed by atoms with Crippen molar-refractivity contribution in [2.75, 3.05) is 34.9 Å². The average Bonchev–Trinajstić information content (AvgIpc) is 2.64. The zero-order valence-corrected chi connectivity index (χ0v) is 16.5. The number of methoxy groups -OCH3 is 1. The van der Waals surface area contributed by atoms with Crippen molar-refractivity contribution in [1.82, 2.24) is 9.80 Å². The number of rotatable bonds is 8. The van der Waals surface area contributed by atoms with E-state index in [1.807, 2.05) is 44.1 Å². The van der Waals surface area contributed by atoms with Crippen molar-refractivity contribution in [3.63, 3.8) is 0 Å². The van der Waals surface area contributed by atoms with Crippen LogP contribution < -0.4 is 9.47 Å². The third-order valence-electron chi connectivity index (χ3n) is 4.29. The fourth-order valence-corrected chi connectivity index (χ4v) is 3.00. The second kappa shape index (κ2) is 9.37. The summed E-state index contributed by atoms with van der Waals surface area (Å²) in [6, 6.07) is 11.1. The predicted octanol–water partition coefficient (Wildman–Crippen LogP) is 3.49. The van der Waals surface area contributed by atoms with E-state index in [0.717, 1.165) is 11.1 Å². The summed E-state index contributed by atoms with van der Waals surface area (Å²) in [5.74, 6) is 0.870. The maximum atomic E-state index is 13.3. The quantitative estimate of drug-likeness (QED) is 0.709. The van der Waals surface area contributed by atoms with E-state index in [9.17, 15) is 9.18 Å². The SMILES string of the molecule is CCOc1c(CN(C)C(=O)[C@@H](c2ccc(F)cc2)N(C)C)cccc1OC. The molecule has 6 heteroatoms. The van der Waals surface area contributed by atoms with Crippen LogP contribution in [0.4, 0.5) is 4.39 Å². The summed E-state index contributed by atoms with van der Waals surface area (Å²) in [7, 11) is 7.00. The molecule has 1 amide bonds. The second-order valence-corrected chi connectivity index (χ2v) is 6.49. The number of carbonyl (C=O) groups excluding carboxylic acids is 1. The van der Waals surface area contributed by atoms with E-state index in [1.165, 1.54) is 12.1 Å². The number of amides is 1. The lowest BCUT2D eigenvalue weighted by Crippen LogP contribution is -2.38. The van der Waals surface area contributed by atoms with E-state index in [1.54, 1.807) is 31.2 Å². The lowest BCUT2D eigenvalue weighted by molar-refractivity contribution is -0.135. The van der Waals surface area contributed by atoms with Gasteiger partial charge in [-0.3, -0.25) is 9.69 Å². The van der Waals surface area contributed by atoms with Gasteiger partial charge in [-0.15, -0.1) is 0 Å². The van der Waals surface area contributed by atoms with E-state index < -0.39 is 6.04 Å². The maximum Gasteiger partial charge on any atom is 0.244 e. The smallest absolute Gasteiger partial charge is 0.244 e. The highest BCUT2D eigenvalue weighted by atomic mass is 19.1. The van der Waals surface area contributed by atoms with Crippen LogP contribution in [0.1, 0.15) is 24.1 Å². The van der Waals surface area contributed by atoms with Gasteiger partial charge in [-0.05, 0) is 44.8 Å². The third kappa shape index (κ3) is 4.98. The maximum absolute atomic E-state index is 13.3. The number of para-hydroxylation sites is 1. The second-order valence-electron chi connectivity index (χ2n) is 6.49. The number of ether oxygens (including phenoxy) is 2. The van der Waals surface area contributed by atoms with Crippen molar-refractivity contribution in [2.24, 2.45) is 0 Å². The van der Waals surface area contributed by atoms with Gasteiger partial charge in [0.1, 0.15) is 11.9 Å². The Morgan fingerprint density at radius 1 is 1.11 bits per heavy atom. The fraction of sp³-hybridized carbons (Fsp3) is 0.381. The largest absolute Gasteiger partial charge is 0.493 e. The molecule has 0 saturated heterocycles. The molecule has 5 nitrogen and oxygen atoms in total. The topological polar surface area (TPSA) is 42.0 Å². The van der Waals surface area contributed by atoms with Gasteiger partial charge < -0.3 is 14.4 Å². The number of halogens is 1. The van der Waals surface area contributed by atoms with E-state index in [4.69, 9.17) is 9.47 Å². The molecule has 0 fully saturated rings. The van der Waals surface area contributed by atoms with E-state index >= 15 is 0 Å². The highest BCUT2D eigenvalue weighted by Gasteiger charge is 2.27. The van der Waals surface area contributed by atoms with Gasteiger partial charge in [-0.2, -0.15) is 0 Å². The molecule has 2 aromatic carbocycles. The molecule has 27 heavy (non-hydrogen) atoms. The minimum atomic E-state index is -0.503. The average molecular weight is 374 g/mol. The van der Waals surface area contributed by atoms with Crippen LogP contribution in [0.5, 0.6) is 11.5 Å². The first-order valence-corrected chi connectivity index (χ1v) is 8.84. The van der Waals surface area contributed by atoms with Crippen molar-refractivity contribution < 1.29 is 18.7 Å². The predicted molar refractivity (Wildman–Crippen MR) is 103 cm³/mol. The lowest BCUT2D eigenvalue weighted by Gasteiger charge is -2.29. The zero-order valence-electron chi connectivity index (χ0n) is 16.5. The summed E-state index contributed by atoms with van der Waals surface area (Å²) >= 11 is 0. The Morgan fingerprint density at radius 3 is 2.33 bits per heavy atom. The minimum absolute atomic E-state index is 0.0862. The normalized spacial score (nSPS) is 12.0. The summed E-state index contributed by atoms with van der Waals surface area (Å²) in [6.45, 7) is 2.78. The molecule has 146 valence electrons. The molecule has 0 heterocycles. The number of nitrogens with zero attached hydrogens (tertiary/aromatic N) is 2. The molecular weight excluding hydrogens is 347 g/mol. The third-order valence-corrected chi connectivity index (χ3v) is 4.29. The van der Waals surface area contributed by atoms with Crippen molar-refractivity contribution in [3.8, 4) is 11.5 Å². The molecule has 1 atom stereocenters. The van der Waals surface area contributed by atoms with Gasteiger partial charge in [0.2, 0.25) is 5.91 Å². The molecule has 2 aromatic rings. The van der Waals surface area contributed by atoms with Gasteiger partial charge in [0, 0.05) is 19.2 Å².